The van der Waals surface area contributed by atoms with Gasteiger partial charge in [0.1, 0.15) is 5.82 Å². The SMILES string of the molecule is COc1ccc(CC(Cc2ccc(Br)cc2F)NN)cn1. The molecule has 6 heteroatoms. The van der Waals surface area contributed by atoms with Gasteiger partial charge >= 0.3 is 0 Å². The summed E-state index contributed by atoms with van der Waals surface area (Å²) in [7, 11) is 1.57. The van der Waals surface area contributed by atoms with Crippen LogP contribution in [0.5, 0.6) is 5.88 Å². The number of nitrogens with zero attached hydrogens (tertiary/aromatic N) is 1. The van der Waals surface area contributed by atoms with Gasteiger partial charge in [0.25, 0.3) is 0 Å². The van der Waals surface area contributed by atoms with Crippen molar-refractivity contribution in [3.63, 3.8) is 0 Å². The molecule has 0 spiro atoms. The van der Waals surface area contributed by atoms with Crippen LogP contribution in [0.15, 0.2) is 41.0 Å². The minimum absolute atomic E-state index is 0.0733. The second-order valence-electron chi connectivity index (χ2n) is 4.72. The van der Waals surface area contributed by atoms with Gasteiger partial charge in [-0.3, -0.25) is 11.3 Å². The second-order valence-corrected chi connectivity index (χ2v) is 5.63. The van der Waals surface area contributed by atoms with Crippen molar-refractivity contribution in [2.45, 2.75) is 18.9 Å². The first-order valence-corrected chi connectivity index (χ1v) is 7.30. The Bertz CT molecular complexity index is 592. The van der Waals surface area contributed by atoms with Crippen molar-refractivity contribution in [1.29, 1.82) is 0 Å². The first-order chi connectivity index (χ1) is 10.1. The standard InChI is InChI=1S/C15H17BrFN3O/c1-21-15-5-2-10(9-19-15)6-13(20-18)7-11-3-4-12(16)8-14(11)17/h2-5,8-9,13,20H,6-7,18H2,1H3. The summed E-state index contributed by atoms with van der Waals surface area (Å²) in [6, 6.07) is 8.68. The molecule has 1 unspecified atom stereocenters. The fourth-order valence-corrected chi connectivity index (χ4v) is 2.41. The Morgan fingerprint density at radius 2 is 2.14 bits per heavy atom. The molecule has 0 radical (unpaired) electrons. The van der Waals surface area contributed by atoms with E-state index < -0.39 is 0 Å². The summed E-state index contributed by atoms with van der Waals surface area (Å²) in [5.74, 6) is 5.90. The molecule has 0 aliphatic rings. The van der Waals surface area contributed by atoms with Gasteiger partial charge in [-0.1, -0.05) is 28.1 Å². The van der Waals surface area contributed by atoms with Crippen molar-refractivity contribution in [3.8, 4) is 5.88 Å². The van der Waals surface area contributed by atoms with Crippen LogP contribution in [-0.2, 0) is 12.8 Å². The normalized spacial score (nSPS) is 12.2. The van der Waals surface area contributed by atoms with Gasteiger partial charge in [0.05, 0.1) is 7.11 Å². The largest absolute Gasteiger partial charge is 0.481 e. The number of hydrazine groups is 1. The van der Waals surface area contributed by atoms with Crippen molar-refractivity contribution >= 4 is 15.9 Å². The fourth-order valence-electron chi connectivity index (χ4n) is 2.08. The van der Waals surface area contributed by atoms with Gasteiger partial charge in [-0.15, -0.1) is 0 Å². The molecule has 0 saturated heterocycles. The highest BCUT2D eigenvalue weighted by atomic mass is 79.9. The van der Waals surface area contributed by atoms with Crippen LogP contribution in [0, 0.1) is 5.82 Å². The Morgan fingerprint density at radius 1 is 1.33 bits per heavy atom. The molecule has 4 nitrogen and oxygen atoms in total. The number of methoxy groups -OCH3 is 1. The van der Waals surface area contributed by atoms with E-state index in [2.05, 4.69) is 26.3 Å². The Hall–Kier alpha value is -1.50. The van der Waals surface area contributed by atoms with Gasteiger partial charge in [-0.25, -0.2) is 9.37 Å². The van der Waals surface area contributed by atoms with E-state index in [1.807, 2.05) is 12.1 Å². The van der Waals surface area contributed by atoms with Crippen LogP contribution >= 0.6 is 15.9 Å². The lowest BCUT2D eigenvalue weighted by atomic mass is 10.00. The molecular formula is C15H17BrFN3O. The van der Waals surface area contributed by atoms with Gasteiger partial charge in [0.2, 0.25) is 5.88 Å². The second kappa shape index (κ2) is 7.49. The molecule has 0 aliphatic heterocycles. The zero-order valence-corrected chi connectivity index (χ0v) is 13.2. The topological polar surface area (TPSA) is 60.2 Å². The van der Waals surface area contributed by atoms with E-state index in [1.165, 1.54) is 6.07 Å². The number of nitrogens with one attached hydrogen (secondary N) is 1. The van der Waals surface area contributed by atoms with Gasteiger partial charge < -0.3 is 4.74 Å². The average Bonchev–Trinajstić information content (AvgIpc) is 2.49. The van der Waals surface area contributed by atoms with Crippen LogP contribution in [0.4, 0.5) is 4.39 Å². The third-order valence-electron chi connectivity index (χ3n) is 3.21. The summed E-state index contributed by atoms with van der Waals surface area (Å²) < 4.78 is 19.6. The predicted octanol–water partition coefficient (Wildman–Crippen LogP) is 2.61. The zero-order chi connectivity index (χ0) is 15.2. The van der Waals surface area contributed by atoms with E-state index in [9.17, 15) is 4.39 Å². The zero-order valence-electron chi connectivity index (χ0n) is 11.6. The Balaban J connectivity index is 2.05. The number of pyridine rings is 1. The first-order valence-electron chi connectivity index (χ1n) is 6.51. The van der Waals surface area contributed by atoms with Crippen molar-refractivity contribution in [2.24, 2.45) is 5.84 Å². The lowest BCUT2D eigenvalue weighted by Gasteiger charge is -2.16. The van der Waals surface area contributed by atoms with E-state index in [0.717, 1.165) is 10.0 Å². The molecule has 112 valence electrons. The van der Waals surface area contributed by atoms with Gasteiger partial charge in [-0.2, -0.15) is 0 Å². The van der Waals surface area contributed by atoms with Gasteiger partial charge in [0, 0.05) is 22.8 Å². The molecule has 2 rings (SSSR count). The molecule has 0 fully saturated rings. The Kier molecular flexibility index (Phi) is 5.67. The third kappa shape index (κ3) is 4.49. The van der Waals surface area contributed by atoms with Crippen LogP contribution in [-0.4, -0.2) is 18.1 Å². The quantitative estimate of drug-likeness (QED) is 0.619. The van der Waals surface area contributed by atoms with E-state index >= 15 is 0 Å². The monoisotopic (exact) mass is 353 g/mol. The summed E-state index contributed by atoms with van der Waals surface area (Å²) in [5, 5.41) is 0. The van der Waals surface area contributed by atoms with Crippen LogP contribution in [0.1, 0.15) is 11.1 Å². The van der Waals surface area contributed by atoms with Crippen molar-refractivity contribution in [3.05, 3.63) is 57.9 Å². The molecule has 0 bridgehead atoms. The van der Waals surface area contributed by atoms with E-state index in [4.69, 9.17) is 10.6 Å². The summed E-state index contributed by atoms with van der Waals surface area (Å²) in [6.07, 6.45) is 2.89. The maximum Gasteiger partial charge on any atom is 0.212 e. The number of aromatic nitrogens is 1. The number of halogens is 2. The number of ether oxygens (including phenoxy) is 1. The minimum atomic E-state index is -0.238. The van der Waals surface area contributed by atoms with Crippen LogP contribution in [0.25, 0.3) is 0 Å². The number of nitrogens with two attached hydrogens (primary N) is 1. The summed E-state index contributed by atoms with van der Waals surface area (Å²) in [4.78, 5) is 4.15. The lowest BCUT2D eigenvalue weighted by Crippen LogP contribution is -2.38. The molecule has 0 aliphatic carbocycles. The van der Waals surface area contributed by atoms with Crippen molar-refractivity contribution < 1.29 is 9.13 Å². The Labute approximate surface area is 131 Å². The third-order valence-corrected chi connectivity index (χ3v) is 3.70. The molecule has 1 aromatic heterocycles. The minimum Gasteiger partial charge on any atom is -0.481 e. The van der Waals surface area contributed by atoms with Crippen molar-refractivity contribution in [1.82, 2.24) is 10.4 Å². The number of rotatable bonds is 6. The lowest BCUT2D eigenvalue weighted by molar-refractivity contribution is 0.397. The highest BCUT2D eigenvalue weighted by Crippen LogP contribution is 2.18. The molecule has 21 heavy (non-hydrogen) atoms. The molecule has 1 aromatic carbocycles. The number of benzene rings is 1. The fraction of sp³-hybridized carbons (Fsp3) is 0.267. The molecule has 3 N–H and O–H groups in total. The van der Waals surface area contributed by atoms with Gasteiger partial charge in [0.15, 0.2) is 0 Å². The maximum atomic E-state index is 13.9. The first kappa shape index (κ1) is 15.9. The van der Waals surface area contributed by atoms with Crippen LogP contribution in [0.2, 0.25) is 0 Å². The van der Waals surface area contributed by atoms with Gasteiger partial charge in [-0.05, 0) is 36.1 Å². The predicted molar refractivity (Wildman–Crippen MR) is 83.4 cm³/mol. The summed E-state index contributed by atoms with van der Waals surface area (Å²) in [6.45, 7) is 0. The summed E-state index contributed by atoms with van der Waals surface area (Å²) >= 11 is 3.25. The Morgan fingerprint density at radius 3 is 2.71 bits per heavy atom. The molecule has 1 atom stereocenters. The number of hydrogen-bond acceptors (Lipinski definition) is 4. The average molecular weight is 354 g/mol. The van der Waals surface area contributed by atoms with E-state index in [0.29, 0.717) is 24.3 Å². The van der Waals surface area contributed by atoms with E-state index in [-0.39, 0.29) is 11.9 Å². The number of hydrogen-bond donors (Lipinski definition) is 2. The maximum absolute atomic E-state index is 13.9. The van der Waals surface area contributed by atoms with Crippen LogP contribution < -0.4 is 16.0 Å². The molecule has 2 aromatic rings. The highest BCUT2D eigenvalue weighted by molar-refractivity contribution is 9.10. The molecular weight excluding hydrogens is 337 g/mol. The highest BCUT2D eigenvalue weighted by Gasteiger charge is 2.12. The van der Waals surface area contributed by atoms with Crippen LogP contribution in [0.3, 0.4) is 0 Å². The van der Waals surface area contributed by atoms with Crippen molar-refractivity contribution in [2.75, 3.05) is 7.11 Å². The smallest absolute Gasteiger partial charge is 0.212 e. The summed E-state index contributed by atoms with van der Waals surface area (Å²) in [5.41, 5.74) is 4.37. The molecule has 0 saturated carbocycles. The molecule has 0 amide bonds. The molecule has 1 heterocycles. The van der Waals surface area contributed by atoms with E-state index in [1.54, 1.807) is 25.4 Å².